The van der Waals surface area contributed by atoms with Crippen molar-refractivity contribution in [3.05, 3.63) is 130 Å². The lowest BCUT2D eigenvalue weighted by Gasteiger charge is -2.37. The summed E-state index contributed by atoms with van der Waals surface area (Å²) in [6.45, 7) is 26.6. The topological polar surface area (TPSA) is 52.6 Å². The van der Waals surface area contributed by atoms with Crippen molar-refractivity contribution in [3.63, 3.8) is 0 Å². The summed E-state index contributed by atoms with van der Waals surface area (Å²) in [6.07, 6.45) is 68.6. The summed E-state index contributed by atoms with van der Waals surface area (Å²) in [5, 5.41) is 0. The second-order valence-electron chi connectivity index (χ2n) is 24.6. The fraction of sp³-hybridized carbons (Fsp3) is 0.667. The van der Waals surface area contributed by atoms with Crippen molar-refractivity contribution >= 4 is 11.9 Å². The molecule has 0 spiro atoms. The van der Waals surface area contributed by atoms with Crippen molar-refractivity contribution in [2.75, 3.05) is 0 Å². The number of ether oxygens (including phenoxy) is 2. The van der Waals surface area contributed by atoms with Crippen LogP contribution in [0.15, 0.2) is 130 Å². The maximum atomic E-state index is 12.8. The minimum atomic E-state index is -0.0573. The van der Waals surface area contributed by atoms with Gasteiger partial charge in [-0.15, -0.1) is 0 Å². The second-order valence-corrected chi connectivity index (χ2v) is 24.6. The third-order valence-electron chi connectivity index (χ3n) is 15.8. The highest BCUT2D eigenvalue weighted by molar-refractivity contribution is 5.70. The van der Waals surface area contributed by atoms with Crippen molar-refractivity contribution in [2.45, 2.75) is 301 Å². The van der Waals surface area contributed by atoms with Gasteiger partial charge in [-0.25, -0.2) is 0 Å². The number of hydrogen-bond donors (Lipinski definition) is 0. The molecular weight excluding hydrogens is 929 g/mol. The normalized spacial score (nSPS) is 19.0. The quantitative estimate of drug-likeness (QED) is 0.0349. The Hall–Kier alpha value is -3.92. The Morgan fingerprint density at radius 1 is 0.408 bits per heavy atom. The van der Waals surface area contributed by atoms with Gasteiger partial charge in [0.25, 0.3) is 0 Å². The first-order chi connectivity index (χ1) is 36.5. The summed E-state index contributed by atoms with van der Waals surface area (Å²) in [5.41, 5.74) is 9.98. The first kappa shape index (κ1) is 68.2. The zero-order valence-electron chi connectivity index (χ0n) is 51.5. The third kappa shape index (κ3) is 32.7. The molecule has 428 valence electrons. The van der Waals surface area contributed by atoms with E-state index in [1.54, 1.807) is 0 Å². The lowest BCUT2D eigenvalue weighted by molar-refractivity contribution is -0.151. The van der Waals surface area contributed by atoms with Gasteiger partial charge in [-0.2, -0.15) is 0 Å². The highest BCUT2D eigenvalue weighted by Crippen LogP contribution is 2.43. The summed E-state index contributed by atoms with van der Waals surface area (Å²) in [4.78, 5) is 25.6. The van der Waals surface area contributed by atoms with Gasteiger partial charge in [0.15, 0.2) is 0 Å². The van der Waals surface area contributed by atoms with E-state index in [0.717, 1.165) is 51.4 Å². The van der Waals surface area contributed by atoms with Crippen molar-refractivity contribution < 1.29 is 19.1 Å². The number of unbranched alkanes of at least 4 members (excludes halogenated alkanes) is 24. The lowest BCUT2D eigenvalue weighted by atomic mass is 9.71. The van der Waals surface area contributed by atoms with Gasteiger partial charge in [0.05, 0.1) is 0 Å². The lowest BCUT2D eigenvalue weighted by Crippen LogP contribution is -2.31. The molecule has 0 aliphatic heterocycles. The van der Waals surface area contributed by atoms with Crippen LogP contribution in [0.3, 0.4) is 0 Å². The number of allylic oxidation sites excluding steroid dienone is 20. The second kappa shape index (κ2) is 41.2. The Balaban J connectivity index is 1.73. The van der Waals surface area contributed by atoms with E-state index in [9.17, 15) is 9.59 Å². The molecule has 0 aromatic carbocycles. The molecule has 0 saturated carbocycles. The Kier molecular flexibility index (Phi) is 36.9. The standard InChI is InChI=1S/C72H116O4/c1-13-15-17-19-21-23-25-27-29-31-33-35-37-49-69(73)75-65-55-63(7)67(71(9,10)57-65)53-51-61(5)47-41-45-59(3)43-39-40-44-60(4)46-42-48-62(6)52-54-68-64(8)56-66(58-72(68,11)12)76-70(74)50-38-36-34-32-30-28-26-24-22-20-18-16-14-2/h39-48,51-54,65-66H,13-38,49-50,55-58H2,1-12H3/b40-39+,45-41+,46-42+,53-51+,54-52+,59-43-,60-44-,61-47-,62-48-/t65-,66-/m1/s1. The highest BCUT2D eigenvalue weighted by atomic mass is 16.5. The number of carbonyl (C=O) groups excluding carboxylic acids is 2. The molecule has 2 aliphatic carbocycles. The Labute approximate surface area is 470 Å². The van der Waals surface area contributed by atoms with Crippen molar-refractivity contribution in [1.29, 1.82) is 0 Å². The van der Waals surface area contributed by atoms with Crippen LogP contribution in [-0.2, 0) is 19.1 Å². The van der Waals surface area contributed by atoms with Crippen molar-refractivity contribution in [1.82, 2.24) is 0 Å². The van der Waals surface area contributed by atoms with E-state index in [4.69, 9.17) is 9.47 Å². The minimum absolute atomic E-state index is 0.0252. The molecule has 0 bridgehead atoms. The molecule has 4 heteroatoms. The molecule has 0 radical (unpaired) electrons. The van der Waals surface area contributed by atoms with Gasteiger partial charge in [-0.3, -0.25) is 9.59 Å². The summed E-state index contributed by atoms with van der Waals surface area (Å²) < 4.78 is 12.1. The van der Waals surface area contributed by atoms with Gasteiger partial charge < -0.3 is 9.47 Å². The van der Waals surface area contributed by atoms with Crippen LogP contribution in [0.2, 0.25) is 0 Å². The molecule has 0 heterocycles. The Morgan fingerprint density at radius 3 is 0.961 bits per heavy atom. The number of carbonyl (C=O) groups is 2. The van der Waals surface area contributed by atoms with E-state index in [1.165, 1.54) is 186 Å². The van der Waals surface area contributed by atoms with Crippen LogP contribution in [0.5, 0.6) is 0 Å². The van der Waals surface area contributed by atoms with E-state index in [2.05, 4.69) is 168 Å². The summed E-state index contributed by atoms with van der Waals surface area (Å²) >= 11 is 0. The summed E-state index contributed by atoms with van der Waals surface area (Å²) in [6, 6.07) is 0. The molecule has 0 aromatic rings. The molecule has 2 rings (SSSR count). The van der Waals surface area contributed by atoms with Gasteiger partial charge >= 0.3 is 11.9 Å². The van der Waals surface area contributed by atoms with Crippen LogP contribution in [0.4, 0.5) is 0 Å². The molecule has 0 aromatic heterocycles. The molecule has 0 fully saturated rings. The molecule has 2 aliphatic rings. The molecule has 4 nitrogen and oxygen atoms in total. The molecule has 2 atom stereocenters. The number of rotatable bonds is 40. The maximum Gasteiger partial charge on any atom is 0.306 e. The van der Waals surface area contributed by atoms with Crippen LogP contribution < -0.4 is 0 Å². The van der Waals surface area contributed by atoms with Crippen LogP contribution in [-0.4, -0.2) is 24.1 Å². The fourth-order valence-electron chi connectivity index (χ4n) is 11.3. The highest BCUT2D eigenvalue weighted by Gasteiger charge is 2.35. The maximum absolute atomic E-state index is 12.8. The van der Waals surface area contributed by atoms with Crippen LogP contribution in [0, 0.1) is 10.8 Å². The first-order valence-electron chi connectivity index (χ1n) is 31.3. The smallest absolute Gasteiger partial charge is 0.306 e. The molecule has 76 heavy (non-hydrogen) atoms. The van der Waals surface area contributed by atoms with Gasteiger partial charge in [0.2, 0.25) is 0 Å². The van der Waals surface area contributed by atoms with Gasteiger partial charge in [-0.1, -0.05) is 314 Å². The van der Waals surface area contributed by atoms with Crippen molar-refractivity contribution in [3.8, 4) is 0 Å². The fourth-order valence-corrected chi connectivity index (χ4v) is 11.3. The van der Waals surface area contributed by atoms with Crippen LogP contribution in [0.1, 0.15) is 289 Å². The van der Waals surface area contributed by atoms with Crippen LogP contribution in [0.25, 0.3) is 0 Å². The van der Waals surface area contributed by atoms with E-state index < -0.39 is 0 Å². The molecular formula is C72H116O4. The largest absolute Gasteiger partial charge is 0.462 e. The monoisotopic (exact) mass is 1040 g/mol. The zero-order chi connectivity index (χ0) is 55.9. The predicted octanol–water partition coefficient (Wildman–Crippen LogP) is 22.6. The SMILES string of the molecule is CCCCCCCCCCCCCCCC(=O)O[C@@H]1CC(C)=C(/C=C/C(C)=C\C=C\C(C)=C/C=C/C=C(C)\C=C\C=C(C)/C=C/C2=C(C)C[C@@H](OC(=O)CCCCCCCCCCCCCCC)CC2(C)C)C(C)(C)C1. The third-order valence-corrected chi connectivity index (χ3v) is 15.8. The first-order valence-corrected chi connectivity index (χ1v) is 31.3. The Bertz CT molecular complexity index is 1850. The zero-order valence-corrected chi connectivity index (χ0v) is 51.5. The van der Waals surface area contributed by atoms with E-state index >= 15 is 0 Å². The number of esters is 2. The van der Waals surface area contributed by atoms with E-state index in [0.29, 0.717) is 12.8 Å². The molecule has 0 amide bonds. The predicted molar refractivity (Wildman–Crippen MR) is 333 cm³/mol. The van der Waals surface area contributed by atoms with E-state index in [-0.39, 0.29) is 35.0 Å². The van der Waals surface area contributed by atoms with Gasteiger partial charge in [-0.05, 0) is 89.2 Å². The molecule has 0 saturated heterocycles. The summed E-state index contributed by atoms with van der Waals surface area (Å²) in [5.74, 6) is -0.0504. The average molecular weight is 1050 g/mol. The Morgan fingerprint density at radius 2 is 0.671 bits per heavy atom. The van der Waals surface area contributed by atoms with Gasteiger partial charge in [0, 0.05) is 25.7 Å². The van der Waals surface area contributed by atoms with E-state index in [1.807, 2.05) is 0 Å². The van der Waals surface area contributed by atoms with Crippen LogP contribution >= 0.6 is 0 Å². The average Bonchev–Trinajstić information content (AvgIpc) is 3.34. The summed E-state index contributed by atoms with van der Waals surface area (Å²) in [7, 11) is 0. The molecule has 0 unspecified atom stereocenters. The number of hydrogen-bond acceptors (Lipinski definition) is 4. The minimum Gasteiger partial charge on any atom is -0.462 e. The van der Waals surface area contributed by atoms with Gasteiger partial charge in [0.1, 0.15) is 12.2 Å². The van der Waals surface area contributed by atoms with Crippen molar-refractivity contribution in [2.24, 2.45) is 10.8 Å². The molecule has 0 N–H and O–H groups in total.